The summed E-state index contributed by atoms with van der Waals surface area (Å²) >= 11 is 0. The normalized spacial score (nSPS) is 16.7. The first kappa shape index (κ1) is 17.0. The van der Waals surface area contributed by atoms with Gasteiger partial charge in [0.05, 0.1) is 0 Å². The predicted octanol–water partition coefficient (Wildman–Crippen LogP) is 4.34. The second-order valence-electron chi connectivity index (χ2n) is 6.48. The molecule has 128 valence electrons. The number of ether oxygens (including phenoxy) is 2. The van der Waals surface area contributed by atoms with E-state index in [1.165, 1.54) is 24.0 Å². The van der Waals surface area contributed by atoms with Crippen LogP contribution >= 0.6 is 0 Å². The Morgan fingerprint density at radius 1 is 1.08 bits per heavy atom. The molecule has 24 heavy (non-hydrogen) atoms. The topological polar surface area (TPSA) is 30.5 Å². The molecule has 1 N–H and O–H groups in total. The van der Waals surface area contributed by atoms with Crippen LogP contribution < -0.4 is 10.1 Å². The molecule has 0 spiro atoms. The summed E-state index contributed by atoms with van der Waals surface area (Å²) in [6.45, 7) is 2.41. The van der Waals surface area contributed by atoms with Gasteiger partial charge in [-0.1, -0.05) is 42.5 Å². The van der Waals surface area contributed by atoms with E-state index in [4.69, 9.17) is 9.47 Å². The first-order valence-electron chi connectivity index (χ1n) is 8.87. The maximum Gasteiger partial charge on any atom is 0.120 e. The first-order valence-corrected chi connectivity index (χ1v) is 8.87. The van der Waals surface area contributed by atoms with Crippen molar-refractivity contribution < 1.29 is 9.47 Å². The number of nitrogens with one attached hydrogen (secondary N) is 1. The third-order valence-corrected chi connectivity index (χ3v) is 4.77. The molecule has 0 bridgehead atoms. The van der Waals surface area contributed by atoms with Gasteiger partial charge in [0.25, 0.3) is 0 Å². The van der Waals surface area contributed by atoms with E-state index >= 15 is 0 Å². The van der Waals surface area contributed by atoms with Crippen molar-refractivity contribution in [3.05, 3.63) is 65.7 Å². The lowest BCUT2D eigenvalue weighted by molar-refractivity contribution is 0.0608. The monoisotopic (exact) mass is 325 g/mol. The van der Waals surface area contributed by atoms with Gasteiger partial charge in [-0.15, -0.1) is 0 Å². The van der Waals surface area contributed by atoms with E-state index in [-0.39, 0.29) is 0 Å². The quantitative estimate of drug-likeness (QED) is 0.821. The molecule has 0 radical (unpaired) electrons. The Bertz CT molecular complexity index is 608. The largest absolute Gasteiger partial charge is 0.489 e. The summed E-state index contributed by atoms with van der Waals surface area (Å²) in [7, 11) is 2.04. The van der Waals surface area contributed by atoms with Crippen LogP contribution in [0.15, 0.2) is 54.6 Å². The molecule has 3 heteroatoms. The summed E-state index contributed by atoms with van der Waals surface area (Å²) in [5, 5.41) is 3.47. The van der Waals surface area contributed by atoms with E-state index < -0.39 is 0 Å². The van der Waals surface area contributed by atoms with Crippen LogP contribution in [0.5, 0.6) is 5.75 Å². The second kappa shape index (κ2) is 8.86. The number of hydrogen-bond acceptors (Lipinski definition) is 3. The van der Waals surface area contributed by atoms with E-state index in [2.05, 4.69) is 35.6 Å². The van der Waals surface area contributed by atoms with E-state index in [0.717, 1.165) is 31.3 Å². The Balaban J connectivity index is 1.62. The van der Waals surface area contributed by atoms with E-state index in [9.17, 15) is 0 Å². The van der Waals surface area contributed by atoms with Crippen LogP contribution in [0.4, 0.5) is 0 Å². The highest BCUT2D eigenvalue weighted by Gasteiger charge is 2.19. The smallest absolute Gasteiger partial charge is 0.120 e. The molecule has 1 fully saturated rings. The van der Waals surface area contributed by atoms with Gasteiger partial charge in [-0.2, -0.15) is 0 Å². The summed E-state index contributed by atoms with van der Waals surface area (Å²) in [5.74, 6) is 1.67. The Kier molecular flexibility index (Phi) is 6.27. The highest BCUT2D eigenvalue weighted by atomic mass is 16.5. The fourth-order valence-electron chi connectivity index (χ4n) is 3.30. The number of rotatable bonds is 7. The van der Waals surface area contributed by atoms with Crippen LogP contribution in [-0.4, -0.2) is 20.3 Å². The first-order chi connectivity index (χ1) is 11.8. The molecular formula is C21H27NO2. The van der Waals surface area contributed by atoms with Crippen LogP contribution in [0.2, 0.25) is 0 Å². The fraction of sp³-hybridized carbons (Fsp3) is 0.429. The standard InChI is InChI=1S/C21H27NO2/c1-22-21(14-17-10-12-23-13-11-17)19-8-5-9-20(15-19)24-16-18-6-3-2-4-7-18/h2-9,15,17,21-22H,10-14,16H2,1H3. The molecule has 1 heterocycles. The van der Waals surface area contributed by atoms with Gasteiger partial charge in [-0.05, 0) is 55.5 Å². The van der Waals surface area contributed by atoms with Crippen LogP contribution in [-0.2, 0) is 11.3 Å². The molecule has 1 aliphatic heterocycles. The van der Waals surface area contributed by atoms with Gasteiger partial charge < -0.3 is 14.8 Å². The Morgan fingerprint density at radius 3 is 2.62 bits per heavy atom. The molecule has 0 aliphatic carbocycles. The molecular weight excluding hydrogens is 298 g/mol. The number of benzene rings is 2. The molecule has 0 amide bonds. The zero-order valence-corrected chi connectivity index (χ0v) is 14.4. The maximum absolute atomic E-state index is 5.97. The van der Waals surface area contributed by atoms with Crippen LogP contribution in [0, 0.1) is 5.92 Å². The minimum Gasteiger partial charge on any atom is -0.489 e. The van der Waals surface area contributed by atoms with Crippen molar-refractivity contribution in [2.24, 2.45) is 5.92 Å². The van der Waals surface area contributed by atoms with Crippen molar-refractivity contribution in [3.63, 3.8) is 0 Å². The van der Waals surface area contributed by atoms with Gasteiger partial charge >= 0.3 is 0 Å². The lowest BCUT2D eigenvalue weighted by Gasteiger charge is -2.27. The number of hydrogen-bond donors (Lipinski definition) is 1. The SMILES string of the molecule is CNC(CC1CCOCC1)c1cccc(OCc2ccccc2)c1. The van der Waals surface area contributed by atoms with Crippen molar-refractivity contribution in [2.45, 2.75) is 31.9 Å². The van der Waals surface area contributed by atoms with Crippen molar-refractivity contribution in [3.8, 4) is 5.75 Å². The zero-order chi connectivity index (χ0) is 16.6. The molecule has 1 unspecified atom stereocenters. The summed E-state index contributed by atoms with van der Waals surface area (Å²) in [4.78, 5) is 0. The van der Waals surface area contributed by atoms with Crippen LogP contribution in [0.25, 0.3) is 0 Å². The molecule has 3 nitrogen and oxygen atoms in total. The molecule has 3 rings (SSSR count). The summed E-state index contributed by atoms with van der Waals surface area (Å²) in [6, 6.07) is 19.1. The van der Waals surface area contributed by atoms with Gasteiger partial charge in [0.2, 0.25) is 0 Å². The average Bonchev–Trinajstić information content (AvgIpc) is 2.66. The zero-order valence-electron chi connectivity index (χ0n) is 14.4. The Labute approximate surface area is 145 Å². The van der Waals surface area contributed by atoms with Gasteiger partial charge in [0.1, 0.15) is 12.4 Å². The van der Waals surface area contributed by atoms with Gasteiger partial charge in [0, 0.05) is 19.3 Å². The lowest BCUT2D eigenvalue weighted by atomic mass is 9.89. The van der Waals surface area contributed by atoms with E-state index in [1.54, 1.807) is 0 Å². The molecule has 2 aromatic rings. The van der Waals surface area contributed by atoms with Crippen molar-refractivity contribution in [1.29, 1.82) is 0 Å². The van der Waals surface area contributed by atoms with Crippen LogP contribution in [0.1, 0.15) is 36.4 Å². The van der Waals surface area contributed by atoms with Gasteiger partial charge in [-0.25, -0.2) is 0 Å². The molecule has 1 atom stereocenters. The van der Waals surface area contributed by atoms with Crippen molar-refractivity contribution >= 4 is 0 Å². The second-order valence-corrected chi connectivity index (χ2v) is 6.48. The van der Waals surface area contributed by atoms with Gasteiger partial charge in [-0.3, -0.25) is 0 Å². The third kappa shape index (κ3) is 4.83. The molecule has 0 aromatic heterocycles. The van der Waals surface area contributed by atoms with E-state index in [1.807, 2.05) is 31.3 Å². The Morgan fingerprint density at radius 2 is 1.88 bits per heavy atom. The predicted molar refractivity (Wildman–Crippen MR) is 97.2 cm³/mol. The van der Waals surface area contributed by atoms with Crippen LogP contribution in [0.3, 0.4) is 0 Å². The summed E-state index contributed by atoms with van der Waals surface area (Å²) in [6.07, 6.45) is 3.49. The summed E-state index contributed by atoms with van der Waals surface area (Å²) in [5.41, 5.74) is 2.49. The minimum atomic E-state index is 0.369. The lowest BCUT2D eigenvalue weighted by Crippen LogP contribution is -2.24. The Hall–Kier alpha value is -1.84. The average molecular weight is 325 g/mol. The molecule has 0 saturated carbocycles. The fourth-order valence-corrected chi connectivity index (χ4v) is 3.30. The molecule has 1 saturated heterocycles. The van der Waals surface area contributed by atoms with Gasteiger partial charge in [0.15, 0.2) is 0 Å². The minimum absolute atomic E-state index is 0.369. The molecule has 1 aliphatic rings. The summed E-state index contributed by atoms with van der Waals surface area (Å²) < 4.78 is 11.4. The van der Waals surface area contributed by atoms with Crippen molar-refractivity contribution in [2.75, 3.05) is 20.3 Å². The molecule has 2 aromatic carbocycles. The highest BCUT2D eigenvalue weighted by Crippen LogP contribution is 2.29. The highest BCUT2D eigenvalue weighted by molar-refractivity contribution is 5.31. The maximum atomic E-state index is 5.97. The van der Waals surface area contributed by atoms with Crippen molar-refractivity contribution in [1.82, 2.24) is 5.32 Å². The van der Waals surface area contributed by atoms with E-state index in [0.29, 0.717) is 12.6 Å². The third-order valence-electron chi connectivity index (χ3n) is 4.77.